The van der Waals surface area contributed by atoms with Crippen LogP contribution in [-0.4, -0.2) is 55.1 Å². The van der Waals surface area contributed by atoms with Gasteiger partial charge in [-0.15, -0.1) is 0 Å². The Balaban J connectivity index is 1.86. The minimum absolute atomic E-state index is 0.518. The van der Waals surface area contributed by atoms with E-state index in [1.54, 1.807) is 0 Å². The molecular weight excluding hydrogens is 258 g/mol. The zero-order valence-corrected chi connectivity index (χ0v) is 13.7. The Morgan fingerprint density at radius 2 is 1.76 bits per heavy atom. The average molecular weight is 289 g/mol. The van der Waals surface area contributed by atoms with Crippen LogP contribution in [0.4, 0.5) is 0 Å². The van der Waals surface area contributed by atoms with E-state index in [1.165, 1.54) is 44.7 Å². The van der Waals surface area contributed by atoms with Crippen LogP contribution in [0, 0.1) is 0 Å². The summed E-state index contributed by atoms with van der Waals surface area (Å²) in [5.74, 6) is 0.577. The molecule has 3 nitrogen and oxygen atoms in total. The second-order valence-electron chi connectivity index (χ2n) is 6.31. The van der Waals surface area contributed by atoms with Crippen LogP contribution < -0.4 is 5.73 Å². The Bertz CT molecular complexity index is 385. The third-order valence-electron chi connectivity index (χ3n) is 4.73. The molecule has 1 saturated heterocycles. The smallest absolute Gasteiger partial charge is 0.0225 e. The van der Waals surface area contributed by atoms with Crippen LogP contribution in [0.3, 0.4) is 0 Å². The van der Waals surface area contributed by atoms with Crippen LogP contribution in [-0.2, 0) is 0 Å². The Hall–Kier alpha value is -0.900. The van der Waals surface area contributed by atoms with E-state index >= 15 is 0 Å². The van der Waals surface area contributed by atoms with E-state index in [-0.39, 0.29) is 0 Å². The SMILES string of the molecule is CCCN1CCN(C(CN)CC(C)c2ccccc2)CC1. The molecule has 0 radical (unpaired) electrons. The van der Waals surface area contributed by atoms with Crippen molar-refractivity contribution in [3.05, 3.63) is 35.9 Å². The third kappa shape index (κ3) is 4.80. The van der Waals surface area contributed by atoms with E-state index < -0.39 is 0 Å². The molecule has 0 spiro atoms. The van der Waals surface area contributed by atoms with Gasteiger partial charge in [0.1, 0.15) is 0 Å². The van der Waals surface area contributed by atoms with Gasteiger partial charge in [-0.05, 0) is 30.9 Å². The molecule has 1 aromatic carbocycles. The monoisotopic (exact) mass is 289 g/mol. The third-order valence-corrected chi connectivity index (χ3v) is 4.73. The fraction of sp³-hybridized carbons (Fsp3) is 0.667. The van der Waals surface area contributed by atoms with Crippen molar-refractivity contribution in [3.8, 4) is 0 Å². The molecule has 2 unspecified atom stereocenters. The molecule has 2 rings (SSSR count). The first-order valence-corrected chi connectivity index (χ1v) is 8.46. The molecule has 0 aromatic heterocycles. The number of hydrogen-bond donors (Lipinski definition) is 1. The lowest BCUT2D eigenvalue weighted by molar-refractivity contribution is 0.0925. The van der Waals surface area contributed by atoms with Gasteiger partial charge in [0.2, 0.25) is 0 Å². The lowest BCUT2D eigenvalue weighted by Crippen LogP contribution is -2.52. The molecule has 118 valence electrons. The predicted molar refractivity (Wildman–Crippen MR) is 90.6 cm³/mol. The van der Waals surface area contributed by atoms with Crippen LogP contribution in [0.25, 0.3) is 0 Å². The van der Waals surface area contributed by atoms with Crippen molar-refractivity contribution in [2.45, 2.75) is 38.6 Å². The number of hydrogen-bond acceptors (Lipinski definition) is 3. The van der Waals surface area contributed by atoms with E-state index in [2.05, 4.69) is 54.0 Å². The number of piperazine rings is 1. The van der Waals surface area contributed by atoms with Crippen LogP contribution in [0.15, 0.2) is 30.3 Å². The second kappa shape index (κ2) is 8.52. The zero-order chi connectivity index (χ0) is 15.1. The second-order valence-corrected chi connectivity index (χ2v) is 6.31. The van der Waals surface area contributed by atoms with Crippen LogP contribution in [0.1, 0.15) is 38.2 Å². The minimum Gasteiger partial charge on any atom is -0.329 e. The van der Waals surface area contributed by atoms with Crippen molar-refractivity contribution < 1.29 is 0 Å². The molecule has 2 atom stereocenters. The topological polar surface area (TPSA) is 32.5 Å². The summed E-state index contributed by atoms with van der Waals surface area (Å²) in [4.78, 5) is 5.18. The lowest BCUT2D eigenvalue weighted by Gasteiger charge is -2.39. The Kier molecular flexibility index (Phi) is 6.68. The summed E-state index contributed by atoms with van der Waals surface area (Å²) in [6.45, 7) is 11.3. The van der Waals surface area contributed by atoms with Crippen molar-refractivity contribution >= 4 is 0 Å². The molecule has 1 aromatic rings. The van der Waals surface area contributed by atoms with Gasteiger partial charge >= 0.3 is 0 Å². The van der Waals surface area contributed by atoms with E-state index in [0.717, 1.165) is 13.0 Å². The fourth-order valence-electron chi connectivity index (χ4n) is 3.39. The molecule has 1 aliphatic rings. The summed E-state index contributed by atoms with van der Waals surface area (Å²) in [6, 6.07) is 11.3. The van der Waals surface area contributed by atoms with Gasteiger partial charge < -0.3 is 10.6 Å². The van der Waals surface area contributed by atoms with Gasteiger partial charge in [0.05, 0.1) is 0 Å². The number of benzene rings is 1. The maximum atomic E-state index is 6.07. The van der Waals surface area contributed by atoms with Gasteiger partial charge in [-0.25, -0.2) is 0 Å². The molecule has 0 saturated carbocycles. The first-order chi connectivity index (χ1) is 10.2. The summed E-state index contributed by atoms with van der Waals surface area (Å²) in [5.41, 5.74) is 7.50. The molecule has 0 bridgehead atoms. The van der Waals surface area contributed by atoms with Crippen LogP contribution in [0.2, 0.25) is 0 Å². The summed E-state index contributed by atoms with van der Waals surface area (Å²) >= 11 is 0. The molecule has 21 heavy (non-hydrogen) atoms. The number of rotatable bonds is 7. The van der Waals surface area contributed by atoms with E-state index in [0.29, 0.717) is 12.0 Å². The van der Waals surface area contributed by atoms with Crippen molar-refractivity contribution in [1.82, 2.24) is 9.80 Å². The molecule has 0 amide bonds. The summed E-state index contributed by atoms with van der Waals surface area (Å²) in [7, 11) is 0. The Morgan fingerprint density at radius 3 is 2.33 bits per heavy atom. The van der Waals surface area contributed by atoms with Gasteiger partial charge in [-0.1, -0.05) is 44.2 Å². The normalized spacial score (nSPS) is 20.3. The summed E-state index contributed by atoms with van der Waals surface area (Å²) < 4.78 is 0. The van der Waals surface area contributed by atoms with Gasteiger partial charge in [0.15, 0.2) is 0 Å². The molecule has 1 fully saturated rings. The average Bonchev–Trinajstić information content (AvgIpc) is 2.54. The summed E-state index contributed by atoms with van der Waals surface area (Å²) in [5, 5.41) is 0. The number of nitrogens with zero attached hydrogens (tertiary/aromatic N) is 2. The quantitative estimate of drug-likeness (QED) is 0.837. The highest BCUT2D eigenvalue weighted by Gasteiger charge is 2.24. The predicted octanol–water partition coefficient (Wildman–Crippen LogP) is 2.54. The van der Waals surface area contributed by atoms with Crippen molar-refractivity contribution in [2.75, 3.05) is 39.3 Å². The summed E-state index contributed by atoms with van der Waals surface area (Å²) in [6.07, 6.45) is 2.42. The highest BCUT2D eigenvalue weighted by Crippen LogP contribution is 2.23. The zero-order valence-electron chi connectivity index (χ0n) is 13.7. The highest BCUT2D eigenvalue weighted by molar-refractivity contribution is 5.19. The van der Waals surface area contributed by atoms with Crippen LogP contribution in [0.5, 0.6) is 0 Å². The lowest BCUT2D eigenvalue weighted by atomic mass is 9.93. The largest absolute Gasteiger partial charge is 0.329 e. The molecule has 1 aliphatic heterocycles. The van der Waals surface area contributed by atoms with Crippen molar-refractivity contribution in [1.29, 1.82) is 0 Å². The number of nitrogens with two attached hydrogens (primary N) is 1. The van der Waals surface area contributed by atoms with Gasteiger partial charge in [-0.2, -0.15) is 0 Å². The Morgan fingerprint density at radius 1 is 1.10 bits per heavy atom. The molecule has 3 heteroatoms. The highest BCUT2D eigenvalue weighted by atomic mass is 15.3. The maximum Gasteiger partial charge on any atom is 0.0225 e. The van der Waals surface area contributed by atoms with E-state index in [4.69, 9.17) is 5.73 Å². The van der Waals surface area contributed by atoms with Crippen molar-refractivity contribution in [2.24, 2.45) is 5.73 Å². The maximum absolute atomic E-state index is 6.07. The molecule has 1 heterocycles. The standard InChI is InChI=1S/C18H31N3/c1-3-9-20-10-12-21(13-11-20)18(15-19)14-16(2)17-7-5-4-6-8-17/h4-8,16,18H,3,9-15,19H2,1-2H3. The van der Waals surface area contributed by atoms with E-state index in [1.807, 2.05) is 0 Å². The first kappa shape index (κ1) is 16.5. The molecular formula is C18H31N3. The van der Waals surface area contributed by atoms with Gasteiger partial charge in [-0.3, -0.25) is 4.90 Å². The van der Waals surface area contributed by atoms with Gasteiger partial charge in [0, 0.05) is 38.8 Å². The van der Waals surface area contributed by atoms with Gasteiger partial charge in [0.25, 0.3) is 0 Å². The van der Waals surface area contributed by atoms with E-state index in [9.17, 15) is 0 Å². The minimum atomic E-state index is 0.518. The van der Waals surface area contributed by atoms with Crippen LogP contribution >= 0.6 is 0 Å². The molecule has 0 aliphatic carbocycles. The van der Waals surface area contributed by atoms with Crippen molar-refractivity contribution in [3.63, 3.8) is 0 Å². The first-order valence-electron chi connectivity index (χ1n) is 8.46. The fourth-order valence-corrected chi connectivity index (χ4v) is 3.39. The Labute approximate surface area is 130 Å². The molecule has 2 N–H and O–H groups in total.